The minimum atomic E-state index is 0.714. The molecule has 0 unspecified atom stereocenters. The van der Waals surface area contributed by atoms with Gasteiger partial charge >= 0.3 is 0 Å². The molecule has 1 fully saturated rings. The highest BCUT2D eigenvalue weighted by molar-refractivity contribution is 5.39. The average molecular weight is 262 g/mol. The number of hydrogen-bond donors (Lipinski definition) is 2. The zero-order valence-corrected chi connectivity index (χ0v) is 11.5. The molecule has 1 aromatic heterocycles. The van der Waals surface area contributed by atoms with E-state index in [4.69, 9.17) is 4.74 Å². The van der Waals surface area contributed by atoms with Gasteiger partial charge in [0.2, 0.25) is 11.8 Å². The predicted octanol–water partition coefficient (Wildman–Crippen LogP) is 1.73. The van der Waals surface area contributed by atoms with Crippen LogP contribution in [0.1, 0.15) is 36.9 Å². The highest BCUT2D eigenvalue weighted by atomic mass is 16.5. The van der Waals surface area contributed by atoms with Crippen molar-refractivity contribution in [3.05, 3.63) is 11.3 Å². The zero-order chi connectivity index (χ0) is 13.1. The fourth-order valence-corrected chi connectivity index (χ4v) is 3.02. The zero-order valence-electron chi connectivity index (χ0n) is 11.5. The van der Waals surface area contributed by atoms with Gasteiger partial charge < -0.3 is 15.4 Å². The maximum absolute atomic E-state index is 5.41. The van der Waals surface area contributed by atoms with Crippen molar-refractivity contribution in [3.63, 3.8) is 0 Å². The first-order valence-electron chi connectivity index (χ1n) is 7.25. The molecule has 5 heteroatoms. The second-order valence-electron chi connectivity index (χ2n) is 5.44. The molecule has 1 aromatic rings. The maximum atomic E-state index is 5.41. The Bertz CT molecular complexity index is 426. The Balaban J connectivity index is 1.73. The van der Waals surface area contributed by atoms with E-state index in [1.54, 1.807) is 7.11 Å². The lowest BCUT2D eigenvalue weighted by Gasteiger charge is -2.19. The Morgan fingerprint density at radius 3 is 2.95 bits per heavy atom. The van der Waals surface area contributed by atoms with E-state index in [-0.39, 0.29) is 0 Å². The van der Waals surface area contributed by atoms with Crippen molar-refractivity contribution in [1.82, 2.24) is 15.3 Å². The molecule has 0 radical (unpaired) electrons. The van der Waals surface area contributed by atoms with Gasteiger partial charge in [-0.2, -0.15) is 4.98 Å². The van der Waals surface area contributed by atoms with Crippen LogP contribution in [-0.2, 0) is 13.0 Å². The van der Waals surface area contributed by atoms with Crippen molar-refractivity contribution in [1.29, 1.82) is 0 Å². The molecule has 2 aliphatic rings. The Morgan fingerprint density at radius 2 is 2.16 bits per heavy atom. The number of ether oxygens (including phenoxy) is 1. The van der Waals surface area contributed by atoms with E-state index in [1.165, 1.54) is 25.7 Å². The molecule has 2 N–H and O–H groups in total. The van der Waals surface area contributed by atoms with Crippen LogP contribution in [0.15, 0.2) is 0 Å². The molecular weight excluding hydrogens is 240 g/mol. The molecule has 0 aromatic carbocycles. The highest BCUT2D eigenvalue weighted by Gasteiger charge is 2.19. The molecule has 0 spiro atoms. The fourth-order valence-electron chi connectivity index (χ4n) is 3.02. The number of anilines is 1. The minimum Gasteiger partial charge on any atom is -0.481 e. The van der Waals surface area contributed by atoms with Gasteiger partial charge in [0.25, 0.3) is 0 Å². The first-order valence-corrected chi connectivity index (χ1v) is 7.25. The molecule has 19 heavy (non-hydrogen) atoms. The molecule has 1 aliphatic heterocycles. The van der Waals surface area contributed by atoms with Crippen molar-refractivity contribution in [2.75, 3.05) is 25.5 Å². The van der Waals surface area contributed by atoms with Crippen LogP contribution < -0.4 is 15.4 Å². The molecule has 0 atom stereocenters. The number of hydrogen-bond acceptors (Lipinski definition) is 5. The molecule has 2 heterocycles. The third kappa shape index (κ3) is 2.81. The SMILES string of the molecule is COc1nc(NCC2CCCC2)nc2c1CCNC2. The first-order chi connectivity index (χ1) is 9.36. The van der Waals surface area contributed by atoms with Crippen LogP contribution in [-0.4, -0.2) is 30.2 Å². The van der Waals surface area contributed by atoms with Crippen LogP contribution in [0.3, 0.4) is 0 Å². The van der Waals surface area contributed by atoms with Gasteiger partial charge in [0.1, 0.15) is 0 Å². The van der Waals surface area contributed by atoms with Gasteiger partial charge in [0, 0.05) is 18.7 Å². The van der Waals surface area contributed by atoms with Gasteiger partial charge in [0.15, 0.2) is 0 Å². The monoisotopic (exact) mass is 262 g/mol. The molecule has 0 saturated heterocycles. The first kappa shape index (κ1) is 12.7. The summed E-state index contributed by atoms with van der Waals surface area (Å²) in [7, 11) is 1.69. The van der Waals surface area contributed by atoms with Crippen molar-refractivity contribution in [2.24, 2.45) is 5.92 Å². The van der Waals surface area contributed by atoms with Crippen LogP contribution in [0.25, 0.3) is 0 Å². The Morgan fingerprint density at radius 1 is 1.32 bits per heavy atom. The summed E-state index contributed by atoms with van der Waals surface area (Å²) in [4.78, 5) is 9.11. The number of nitrogens with one attached hydrogen (secondary N) is 2. The summed E-state index contributed by atoms with van der Waals surface area (Å²) in [5, 5.41) is 6.72. The Labute approximate surface area is 114 Å². The van der Waals surface area contributed by atoms with E-state index >= 15 is 0 Å². The molecule has 104 valence electrons. The van der Waals surface area contributed by atoms with Gasteiger partial charge in [-0.3, -0.25) is 0 Å². The van der Waals surface area contributed by atoms with E-state index in [0.29, 0.717) is 5.95 Å². The largest absolute Gasteiger partial charge is 0.481 e. The summed E-state index contributed by atoms with van der Waals surface area (Å²) in [5.41, 5.74) is 2.24. The van der Waals surface area contributed by atoms with Gasteiger partial charge in [-0.1, -0.05) is 12.8 Å². The van der Waals surface area contributed by atoms with Crippen LogP contribution in [0.4, 0.5) is 5.95 Å². The van der Waals surface area contributed by atoms with Crippen LogP contribution in [0, 0.1) is 5.92 Å². The summed E-state index contributed by atoms with van der Waals surface area (Å²) in [5.74, 6) is 2.23. The van der Waals surface area contributed by atoms with E-state index < -0.39 is 0 Å². The third-order valence-corrected chi connectivity index (χ3v) is 4.12. The lowest BCUT2D eigenvalue weighted by molar-refractivity contribution is 0.387. The average Bonchev–Trinajstić information content (AvgIpc) is 2.97. The van der Waals surface area contributed by atoms with Crippen molar-refractivity contribution >= 4 is 5.95 Å². The third-order valence-electron chi connectivity index (χ3n) is 4.12. The van der Waals surface area contributed by atoms with Crippen molar-refractivity contribution in [2.45, 2.75) is 38.6 Å². The molecule has 5 nitrogen and oxygen atoms in total. The number of nitrogens with zero attached hydrogens (tertiary/aromatic N) is 2. The molecule has 0 amide bonds. The standard InChI is InChI=1S/C14H22N4O/c1-19-13-11-6-7-15-9-12(11)17-14(18-13)16-8-10-4-2-3-5-10/h10,15H,2-9H2,1H3,(H,16,17,18). The van der Waals surface area contributed by atoms with E-state index in [0.717, 1.165) is 49.1 Å². The minimum absolute atomic E-state index is 0.714. The van der Waals surface area contributed by atoms with E-state index in [2.05, 4.69) is 20.6 Å². The van der Waals surface area contributed by atoms with Crippen LogP contribution >= 0.6 is 0 Å². The summed E-state index contributed by atoms with van der Waals surface area (Å²) in [6.45, 7) is 2.77. The number of methoxy groups -OCH3 is 1. The van der Waals surface area contributed by atoms with E-state index in [9.17, 15) is 0 Å². The quantitative estimate of drug-likeness (QED) is 0.865. The molecule has 3 rings (SSSR count). The van der Waals surface area contributed by atoms with Crippen molar-refractivity contribution in [3.8, 4) is 5.88 Å². The molecule has 1 aliphatic carbocycles. The predicted molar refractivity (Wildman–Crippen MR) is 74.4 cm³/mol. The second-order valence-corrected chi connectivity index (χ2v) is 5.44. The fraction of sp³-hybridized carbons (Fsp3) is 0.714. The van der Waals surface area contributed by atoms with Crippen LogP contribution in [0.2, 0.25) is 0 Å². The smallest absolute Gasteiger partial charge is 0.226 e. The molecule has 0 bridgehead atoms. The Hall–Kier alpha value is -1.36. The lowest BCUT2D eigenvalue weighted by Crippen LogP contribution is -2.26. The summed E-state index contributed by atoms with van der Waals surface area (Å²) < 4.78 is 5.41. The van der Waals surface area contributed by atoms with Gasteiger partial charge in [-0.05, 0) is 31.7 Å². The molecular formula is C14H22N4O. The van der Waals surface area contributed by atoms with Gasteiger partial charge in [-0.15, -0.1) is 0 Å². The Kier molecular flexibility index (Phi) is 3.82. The lowest BCUT2D eigenvalue weighted by atomic mass is 10.1. The number of aromatic nitrogens is 2. The number of rotatable bonds is 4. The number of fused-ring (bicyclic) bond motifs is 1. The molecule has 1 saturated carbocycles. The summed E-state index contributed by atoms with van der Waals surface area (Å²) in [6, 6.07) is 0. The van der Waals surface area contributed by atoms with Gasteiger partial charge in [-0.25, -0.2) is 4.98 Å². The maximum Gasteiger partial charge on any atom is 0.226 e. The highest BCUT2D eigenvalue weighted by Crippen LogP contribution is 2.26. The summed E-state index contributed by atoms with van der Waals surface area (Å²) in [6.07, 6.45) is 6.34. The topological polar surface area (TPSA) is 59.1 Å². The van der Waals surface area contributed by atoms with Gasteiger partial charge in [0.05, 0.1) is 12.8 Å². The van der Waals surface area contributed by atoms with Crippen LogP contribution in [0.5, 0.6) is 5.88 Å². The van der Waals surface area contributed by atoms with E-state index in [1.807, 2.05) is 0 Å². The second kappa shape index (κ2) is 5.74. The normalized spacial score (nSPS) is 19.2. The summed E-state index contributed by atoms with van der Waals surface area (Å²) >= 11 is 0. The van der Waals surface area contributed by atoms with Crippen molar-refractivity contribution < 1.29 is 4.74 Å².